The van der Waals surface area contributed by atoms with E-state index in [2.05, 4.69) is 18.0 Å². The van der Waals surface area contributed by atoms with E-state index in [-0.39, 0.29) is 0 Å². The zero-order valence-electron chi connectivity index (χ0n) is 15.6. The Morgan fingerprint density at radius 3 is 1.81 bits per heavy atom. The van der Waals surface area contributed by atoms with Crippen LogP contribution in [0.2, 0.25) is 0 Å². The first-order valence-electron chi connectivity index (χ1n) is 8.75. The number of benzene rings is 2. The third-order valence-electron chi connectivity index (χ3n) is 4.74. The summed E-state index contributed by atoms with van der Waals surface area (Å²) in [6.45, 7) is 2.09. The van der Waals surface area contributed by atoms with Crippen molar-refractivity contribution in [1.29, 1.82) is 0 Å². The number of aryl methyl sites for hydroxylation is 1. The molecule has 2 aromatic carbocycles. The Balaban J connectivity index is 1.95. The van der Waals surface area contributed by atoms with E-state index in [9.17, 15) is 0 Å². The third kappa shape index (κ3) is 3.10. The maximum absolute atomic E-state index is 5.28. The molecule has 0 aliphatic carbocycles. The second-order valence-corrected chi connectivity index (χ2v) is 6.29. The van der Waals surface area contributed by atoms with Gasteiger partial charge in [0.1, 0.15) is 11.5 Å². The van der Waals surface area contributed by atoms with Crippen LogP contribution in [0.3, 0.4) is 0 Å². The molecule has 0 spiro atoms. The number of fused-ring (bicyclic) bond motifs is 1. The smallest absolute Gasteiger partial charge is 0.118 e. The number of pyridine rings is 2. The molecule has 2 aromatic heterocycles. The number of methoxy groups -OCH3 is 2. The highest BCUT2D eigenvalue weighted by molar-refractivity contribution is 5.96. The number of ether oxygens (including phenoxy) is 2. The Bertz CT molecular complexity index is 1090. The zero-order chi connectivity index (χ0) is 18.8. The Morgan fingerprint density at radius 1 is 0.704 bits per heavy atom. The van der Waals surface area contributed by atoms with Gasteiger partial charge in [-0.2, -0.15) is 0 Å². The van der Waals surface area contributed by atoms with Crippen LogP contribution in [0.4, 0.5) is 0 Å². The van der Waals surface area contributed by atoms with Crippen LogP contribution in [0.25, 0.3) is 33.4 Å². The molecular formula is C23H20N2O2. The summed E-state index contributed by atoms with van der Waals surface area (Å²) in [6, 6.07) is 20.0. The fourth-order valence-electron chi connectivity index (χ4n) is 3.25. The minimum atomic E-state index is 0.818. The first-order valence-corrected chi connectivity index (χ1v) is 8.75. The summed E-state index contributed by atoms with van der Waals surface area (Å²) in [5.41, 5.74) is 5.88. The van der Waals surface area contributed by atoms with Gasteiger partial charge >= 0.3 is 0 Å². The maximum Gasteiger partial charge on any atom is 0.118 e. The second kappa shape index (κ2) is 7.08. The van der Waals surface area contributed by atoms with Crippen LogP contribution < -0.4 is 9.47 Å². The summed E-state index contributed by atoms with van der Waals surface area (Å²) in [4.78, 5) is 9.62. The standard InChI is InChI=1S/C23H20N2O2/c1-15-20-5-4-14-24-23(20)22(17-8-12-19(27-3)13-9-17)25-21(15)16-6-10-18(26-2)11-7-16/h4-14H,1-3H3. The molecule has 0 aliphatic heterocycles. The minimum absolute atomic E-state index is 0.818. The average Bonchev–Trinajstić information content (AvgIpc) is 2.74. The molecule has 0 aliphatic rings. The van der Waals surface area contributed by atoms with Gasteiger partial charge in [-0.05, 0) is 67.1 Å². The van der Waals surface area contributed by atoms with Gasteiger partial charge in [0.25, 0.3) is 0 Å². The lowest BCUT2D eigenvalue weighted by atomic mass is 9.99. The third-order valence-corrected chi connectivity index (χ3v) is 4.74. The summed E-state index contributed by atoms with van der Waals surface area (Å²) in [5.74, 6) is 1.65. The van der Waals surface area contributed by atoms with Gasteiger partial charge < -0.3 is 9.47 Å². The Morgan fingerprint density at radius 2 is 1.26 bits per heavy atom. The lowest BCUT2D eigenvalue weighted by Gasteiger charge is -2.14. The summed E-state index contributed by atoms with van der Waals surface area (Å²) in [5, 5.41) is 1.10. The maximum atomic E-state index is 5.28. The van der Waals surface area contributed by atoms with Crippen molar-refractivity contribution in [2.45, 2.75) is 6.92 Å². The fourth-order valence-corrected chi connectivity index (χ4v) is 3.25. The molecule has 134 valence electrons. The molecule has 0 N–H and O–H groups in total. The highest BCUT2D eigenvalue weighted by atomic mass is 16.5. The molecule has 27 heavy (non-hydrogen) atoms. The second-order valence-electron chi connectivity index (χ2n) is 6.29. The molecule has 0 radical (unpaired) electrons. The van der Waals surface area contributed by atoms with Crippen LogP contribution >= 0.6 is 0 Å². The topological polar surface area (TPSA) is 44.2 Å². The van der Waals surface area contributed by atoms with Gasteiger partial charge in [0.05, 0.1) is 31.1 Å². The number of aromatic nitrogens is 2. The first-order chi connectivity index (χ1) is 13.2. The molecular weight excluding hydrogens is 336 g/mol. The Labute approximate surface area is 158 Å². The molecule has 0 atom stereocenters. The molecule has 0 fully saturated rings. The molecule has 4 rings (SSSR count). The van der Waals surface area contributed by atoms with Gasteiger partial charge in [-0.1, -0.05) is 6.07 Å². The number of nitrogens with zero attached hydrogens (tertiary/aromatic N) is 2. The Kier molecular flexibility index (Phi) is 4.47. The van der Waals surface area contributed by atoms with Crippen LogP contribution in [-0.4, -0.2) is 24.2 Å². The quantitative estimate of drug-likeness (QED) is 0.498. The summed E-state index contributed by atoms with van der Waals surface area (Å²) < 4.78 is 10.6. The lowest BCUT2D eigenvalue weighted by molar-refractivity contribution is 0.415. The summed E-state index contributed by atoms with van der Waals surface area (Å²) in [6.07, 6.45) is 1.81. The molecule has 4 nitrogen and oxygen atoms in total. The van der Waals surface area contributed by atoms with Gasteiger partial charge in [0.15, 0.2) is 0 Å². The molecule has 0 saturated heterocycles. The van der Waals surface area contributed by atoms with Crippen molar-refractivity contribution in [1.82, 2.24) is 9.97 Å². The number of hydrogen-bond acceptors (Lipinski definition) is 4. The van der Waals surface area contributed by atoms with E-state index in [0.717, 1.165) is 50.5 Å². The van der Waals surface area contributed by atoms with Gasteiger partial charge in [-0.3, -0.25) is 4.98 Å². The van der Waals surface area contributed by atoms with E-state index in [0.29, 0.717) is 0 Å². The van der Waals surface area contributed by atoms with Crippen LogP contribution in [0.1, 0.15) is 5.56 Å². The molecule has 0 unspecified atom stereocenters. The molecule has 4 aromatic rings. The van der Waals surface area contributed by atoms with Gasteiger partial charge in [-0.15, -0.1) is 0 Å². The van der Waals surface area contributed by atoms with Gasteiger partial charge in [0, 0.05) is 22.7 Å². The Hall–Kier alpha value is -3.40. The van der Waals surface area contributed by atoms with E-state index >= 15 is 0 Å². The normalized spacial score (nSPS) is 10.8. The molecule has 2 heterocycles. The van der Waals surface area contributed by atoms with E-state index in [1.54, 1.807) is 14.2 Å². The summed E-state index contributed by atoms with van der Waals surface area (Å²) in [7, 11) is 3.33. The van der Waals surface area contributed by atoms with Crippen molar-refractivity contribution in [2.24, 2.45) is 0 Å². The predicted octanol–water partition coefficient (Wildman–Crippen LogP) is 5.29. The largest absolute Gasteiger partial charge is 0.497 e. The fraction of sp³-hybridized carbons (Fsp3) is 0.130. The van der Waals surface area contributed by atoms with Crippen molar-refractivity contribution in [3.05, 3.63) is 72.4 Å². The van der Waals surface area contributed by atoms with Crippen LogP contribution in [0.5, 0.6) is 11.5 Å². The van der Waals surface area contributed by atoms with Crippen molar-refractivity contribution in [2.75, 3.05) is 14.2 Å². The minimum Gasteiger partial charge on any atom is -0.497 e. The van der Waals surface area contributed by atoms with E-state index in [4.69, 9.17) is 14.5 Å². The average molecular weight is 356 g/mol. The van der Waals surface area contributed by atoms with E-state index in [1.807, 2.05) is 60.8 Å². The van der Waals surface area contributed by atoms with Crippen LogP contribution in [-0.2, 0) is 0 Å². The van der Waals surface area contributed by atoms with Crippen molar-refractivity contribution in [3.63, 3.8) is 0 Å². The first kappa shape index (κ1) is 17.0. The monoisotopic (exact) mass is 356 g/mol. The zero-order valence-corrected chi connectivity index (χ0v) is 15.6. The van der Waals surface area contributed by atoms with Crippen LogP contribution in [0, 0.1) is 6.92 Å². The lowest BCUT2D eigenvalue weighted by Crippen LogP contribution is -1.97. The van der Waals surface area contributed by atoms with Crippen LogP contribution in [0.15, 0.2) is 66.9 Å². The van der Waals surface area contributed by atoms with Gasteiger partial charge in [-0.25, -0.2) is 4.98 Å². The van der Waals surface area contributed by atoms with Crippen molar-refractivity contribution >= 4 is 10.9 Å². The molecule has 0 bridgehead atoms. The highest BCUT2D eigenvalue weighted by Crippen LogP contribution is 2.34. The van der Waals surface area contributed by atoms with Gasteiger partial charge in [0.2, 0.25) is 0 Å². The summed E-state index contributed by atoms with van der Waals surface area (Å²) >= 11 is 0. The molecule has 0 amide bonds. The van der Waals surface area contributed by atoms with E-state index in [1.165, 1.54) is 0 Å². The highest BCUT2D eigenvalue weighted by Gasteiger charge is 2.15. The molecule has 0 saturated carbocycles. The molecule has 4 heteroatoms. The van der Waals surface area contributed by atoms with E-state index < -0.39 is 0 Å². The van der Waals surface area contributed by atoms with Crippen molar-refractivity contribution in [3.8, 4) is 34.0 Å². The number of hydrogen-bond donors (Lipinski definition) is 0. The SMILES string of the molecule is COc1ccc(-c2nc(-c3ccc(OC)cc3)c3ncccc3c2C)cc1. The predicted molar refractivity (Wildman–Crippen MR) is 108 cm³/mol. The van der Waals surface area contributed by atoms with Crippen molar-refractivity contribution < 1.29 is 9.47 Å². The number of rotatable bonds is 4.